The van der Waals surface area contributed by atoms with Gasteiger partial charge in [0.2, 0.25) is 0 Å². The van der Waals surface area contributed by atoms with Crippen molar-refractivity contribution in [2.24, 2.45) is 5.10 Å². The minimum absolute atomic E-state index is 0.157. The summed E-state index contributed by atoms with van der Waals surface area (Å²) in [6.45, 7) is 0. The molecular formula is C14H11BrN2O3. The molecule has 3 N–H and O–H groups in total. The largest absolute Gasteiger partial charge is 0.507 e. The average Bonchev–Trinajstić information content (AvgIpc) is 2.43. The van der Waals surface area contributed by atoms with Crippen LogP contribution in [-0.4, -0.2) is 22.4 Å². The van der Waals surface area contributed by atoms with Crippen LogP contribution >= 0.6 is 15.9 Å². The van der Waals surface area contributed by atoms with E-state index in [1.807, 2.05) is 0 Å². The quantitative estimate of drug-likeness (QED) is 0.591. The van der Waals surface area contributed by atoms with E-state index in [0.717, 1.165) is 5.56 Å². The molecule has 0 radical (unpaired) electrons. The van der Waals surface area contributed by atoms with Gasteiger partial charge in [-0.1, -0.05) is 6.07 Å². The Balaban J connectivity index is 2.07. The van der Waals surface area contributed by atoms with Gasteiger partial charge in [0.05, 0.1) is 21.9 Å². The summed E-state index contributed by atoms with van der Waals surface area (Å²) in [4.78, 5) is 10.8. The molecule has 0 saturated heterocycles. The predicted molar refractivity (Wildman–Crippen MR) is 80.4 cm³/mol. The van der Waals surface area contributed by atoms with Crippen molar-refractivity contribution in [1.82, 2.24) is 0 Å². The highest BCUT2D eigenvalue weighted by Gasteiger charge is 2.02. The topological polar surface area (TPSA) is 81.9 Å². The molecule has 102 valence electrons. The van der Waals surface area contributed by atoms with Crippen LogP contribution in [0, 0.1) is 0 Å². The smallest absolute Gasteiger partial charge is 0.335 e. The predicted octanol–water partition coefficient (Wildman–Crippen LogP) is 3.30. The first-order valence-corrected chi connectivity index (χ1v) is 6.46. The van der Waals surface area contributed by atoms with Gasteiger partial charge in [0, 0.05) is 0 Å². The molecule has 0 aliphatic rings. The first kappa shape index (κ1) is 14.1. The molecule has 2 aromatic rings. The third kappa shape index (κ3) is 3.58. The van der Waals surface area contributed by atoms with E-state index in [4.69, 9.17) is 5.11 Å². The van der Waals surface area contributed by atoms with Crippen molar-refractivity contribution >= 4 is 33.8 Å². The molecule has 0 unspecified atom stereocenters. The van der Waals surface area contributed by atoms with Crippen LogP contribution in [0.4, 0.5) is 5.69 Å². The van der Waals surface area contributed by atoms with Crippen molar-refractivity contribution in [3.05, 3.63) is 58.1 Å². The van der Waals surface area contributed by atoms with Crippen LogP contribution in [0.1, 0.15) is 15.9 Å². The van der Waals surface area contributed by atoms with Gasteiger partial charge < -0.3 is 10.2 Å². The van der Waals surface area contributed by atoms with Crippen molar-refractivity contribution in [3.8, 4) is 5.75 Å². The van der Waals surface area contributed by atoms with E-state index in [1.165, 1.54) is 12.1 Å². The summed E-state index contributed by atoms with van der Waals surface area (Å²) in [7, 11) is 0. The van der Waals surface area contributed by atoms with Crippen molar-refractivity contribution in [3.63, 3.8) is 0 Å². The fourth-order valence-corrected chi connectivity index (χ4v) is 1.90. The van der Waals surface area contributed by atoms with Gasteiger partial charge in [-0.05, 0) is 57.9 Å². The zero-order valence-electron chi connectivity index (χ0n) is 10.2. The number of benzene rings is 2. The lowest BCUT2D eigenvalue weighted by atomic mass is 10.2. The van der Waals surface area contributed by atoms with Gasteiger partial charge in [0.1, 0.15) is 5.75 Å². The van der Waals surface area contributed by atoms with E-state index in [-0.39, 0.29) is 11.3 Å². The molecule has 0 aliphatic carbocycles. The van der Waals surface area contributed by atoms with E-state index >= 15 is 0 Å². The van der Waals surface area contributed by atoms with Crippen LogP contribution in [-0.2, 0) is 0 Å². The molecule has 2 aromatic carbocycles. The number of aromatic carboxylic acids is 1. The summed E-state index contributed by atoms with van der Waals surface area (Å²) in [5, 5.41) is 22.3. The maximum atomic E-state index is 10.8. The minimum atomic E-state index is -0.986. The fraction of sp³-hybridized carbons (Fsp3) is 0. The Morgan fingerprint density at radius 2 is 2.05 bits per heavy atom. The number of aromatic hydroxyl groups is 1. The molecule has 6 heteroatoms. The number of hydrogen-bond donors (Lipinski definition) is 3. The summed E-state index contributed by atoms with van der Waals surface area (Å²) in [5.41, 5.74) is 4.31. The Labute approximate surface area is 123 Å². The van der Waals surface area contributed by atoms with Gasteiger partial charge in [0.25, 0.3) is 0 Å². The van der Waals surface area contributed by atoms with E-state index < -0.39 is 5.97 Å². The Morgan fingerprint density at radius 1 is 1.25 bits per heavy atom. The Bertz CT molecular complexity index is 671. The first-order chi connectivity index (χ1) is 9.56. The average molecular weight is 335 g/mol. The fourth-order valence-electron chi connectivity index (χ4n) is 1.51. The van der Waals surface area contributed by atoms with Gasteiger partial charge in [-0.3, -0.25) is 5.43 Å². The highest BCUT2D eigenvalue weighted by atomic mass is 79.9. The summed E-state index contributed by atoms with van der Waals surface area (Å²) >= 11 is 3.21. The van der Waals surface area contributed by atoms with Crippen LogP contribution < -0.4 is 5.43 Å². The molecule has 5 nitrogen and oxygen atoms in total. The number of carbonyl (C=O) groups is 1. The monoisotopic (exact) mass is 334 g/mol. The van der Waals surface area contributed by atoms with Crippen molar-refractivity contribution in [2.75, 3.05) is 5.43 Å². The van der Waals surface area contributed by atoms with E-state index in [2.05, 4.69) is 26.5 Å². The van der Waals surface area contributed by atoms with Crippen LogP contribution in [0.3, 0.4) is 0 Å². The number of phenols is 1. The van der Waals surface area contributed by atoms with Crippen LogP contribution in [0.5, 0.6) is 5.75 Å². The number of phenolic OH excluding ortho intramolecular Hbond substituents is 1. The SMILES string of the molecule is O=C(O)c1cccc(NN=Cc2ccc(O)c(Br)c2)c1. The number of nitrogens with zero attached hydrogens (tertiary/aromatic N) is 1. The van der Waals surface area contributed by atoms with Crippen LogP contribution in [0.25, 0.3) is 0 Å². The number of nitrogens with one attached hydrogen (secondary N) is 1. The van der Waals surface area contributed by atoms with Gasteiger partial charge >= 0.3 is 5.97 Å². The molecule has 0 amide bonds. The Morgan fingerprint density at radius 3 is 2.75 bits per heavy atom. The molecule has 0 fully saturated rings. The Kier molecular flexibility index (Phi) is 4.37. The van der Waals surface area contributed by atoms with Crippen LogP contribution in [0.2, 0.25) is 0 Å². The maximum absolute atomic E-state index is 10.8. The molecule has 0 spiro atoms. The number of anilines is 1. The molecular weight excluding hydrogens is 324 g/mol. The molecule has 0 aromatic heterocycles. The second kappa shape index (κ2) is 6.21. The molecule has 0 saturated carbocycles. The molecule has 0 bridgehead atoms. The number of carboxylic acids is 1. The second-order valence-electron chi connectivity index (χ2n) is 3.97. The number of hydrogen-bond acceptors (Lipinski definition) is 4. The lowest BCUT2D eigenvalue weighted by Gasteiger charge is -2.02. The molecule has 0 aliphatic heterocycles. The zero-order valence-corrected chi connectivity index (χ0v) is 11.8. The number of halogens is 1. The summed E-state index contributed by atoms with van der Waals surface area (Å²) < 4.78 is 0.578. The highest BCUT2D eigenvalue weighted by molar-refractivity contribution is 9.10. The van der Waals surface area contributed by atoms with E-state index in [0.29, 0.717) is 10.2 Å². The van der Waals surface area contributed by atoms with Crippen LogP contribution in [0.15, 0.2) is 52.0 Å². The number of rotatable bonds is 4. The van der Waals surface area contributed by atoms with Crippen molar-refractivity contribution in [1.29, 1.82) is 0 Å². The van der Waals surface area contributed by atoms with Gasteiger partial charge in [0.15, 0.2) is 0 Å². The molecule has 0 heterocycles. The lowest BCUT2D eigenvalue weighted by molar-refractivity contribution is 0.0697. The van der Waals surface area contributed by atoms with E-state index in [1.54, 1.807) is 36.5 Å². The standard InChI is InChI=1S/C14H11BrN2O3/c15-12-6-9(4-5-13(12)18)8-16-17-11-3-1-2-10(7-11)14(19)20/h1-8,17-18H,(H,19,20). The van der Waals surface area contributed by atoms with Gasteiger partial charge in [-0.15, -0.1) is 0 Å². The number of hydrazone groups is 1. The molecule has 2 rings (SSSR count). The van der Waals surface area contributed by atoms with E-state index in [9.17, 15) is 9.90 Å². The minimum Gasteiger partial charge on any atom is -0.507 e. The first-order valence-electron chi connectivity index (χ1n) is 5.67. The molecule has 0 atom stereocenters. The zero-order chi connectivity index (χ0) is 14.5. The summed E-state index contributed by atoms with van der Waals surface area (Å²) in [5.74, 6) is -0.829. The second-order valence-corrected chi connectivity index (χ2v) is 4.82. The normalized spacial score (nSPS) is 10.7. The maximum Gasteiger partial charge on any atom is 0.335 e. The highest BCUT2D eigenvalue weighted by Crippen LogP contribution is 2.23. The summed E-state index contributed by atoms with van der Waals surface area (Å²) in [6, 6.07) is 11.3. The van der Waals surface area contributed by atoms with Crippen molar-refractivity contribution in [2.45, 2.75) is 0 Å². The third-order valence-electron chi connectivity index (χ3n) is 2.49. The summed E-state index contributed by atoms with van der Waals surface area (Å²) in [6.07, 6.45) is 1.57. The third-order valence-corrected chi connectivity index (χ3v) is 3.12. The number of carboxylic acid groups (broad SMARTS) is 1. The molecule has 20 heavy (non-hydrogen) atoms. The lowest BCUT2D eigenvalue weighted by Crippen LogP contribution is -1.97. The van der Waals surface area contributed by atoms with Gasteiger partial charge in [-0.25, -0.2) is 4.79 Å². The van der Waals surface area contributed by atoms with Gasteiger partial charge in [-0.2, -0.15) is 5.10 Å². The van der Waals surface area contributed by atoms with Crippen molar-refractivity contribution < 1.29 is 15.0 Å². The Hall–Kier alpha value is -2.34.